The molecule has 0 N–H and O–H groups in total. The maximum atomic E-state index is 12.4. The molecule has 5 heteroatoms. The van der Waals surface area contributed by atoms with Crippen molar-refractivity contribution in [1.29, 1.82) is 0 Å². The zero-order valence-corrected chi connectivity index (χ0v) is 16.9. The molecule has 0 radical (unpaired) electrons. The van der Waals surface area contributed by atoms with Gasteiger partial charge >= 0.3 is 12.2 Å². The molecule has 0 aromatic heterocycles. The van der Waals surface area contributed by atoms with Crippen LogP contribution in [-0.2, 0) is 9.47 Å². The predicted octanol–water partition coefficient (Wildman–Crippen LogP) is 6.42. The molecule has 0 fully saturated rings. The van der Waals surface area contributed by atoms with Crippen LogP contribution in [0.3, 0.4) is 0 Å². The standard InChI is InChI=1S/C20H37NO4/c1-7-10-11-12-13-14-15-16-21(18(22)24-17(4)8-2)19(23)25-20(5,6)9-3/h4,7-16H2,1-3,5-6H3. The highest BCUT2D eigenvalue weighted by atomic mass is 16.6. The molecule has 0 saturated heterocycles. The van der Waals surface area contributed by atoms with E-state index in [2.05, 4.69) is 13.5 Å². The van der Waals surface area contributed by atoms with Crippen molar-refractivity contribution < 1.29 is 19.1 Å². The number of allylic oxidation sites excluding steroid dienone is 1. The molecule has 0 aromatic rings. The third kappa shape index (κ3) is 10.8. The zero-order chi connectivity index (χ0) is 19.3. The van der Waals surface area contributed by atoms with Gasteiger partial charge in [-0.05, 0) is 26.7 Å². The molecular formula is C20H37NO4. The van der Waals surface area contributed by atoms with Crippen LogP contribution in [0.1, 0.15) is 92.4 Å². The quantitative estimate of drug-likeness (QED) is 0.299. The summed E-state index contributed by atoms with van der Waals surface area (Å²) >= 11 is 0. The van der Waals surface area contributed by atoms with Gasteiger partial charge in [-0.2, -0.15) is 0 Å². The molecule has 0 bridgehead atoms. The van der Waals surface area contributed by atoms with E-state index in [0.717, 1.165) is 24.2 Å². The fraction of sp³-hybridized carbons (Fsp3) is 0.800. The molecule has 0 saturated carbocycles. The highest BCUT2D eigenvalue weighted by Crippen LogP contribution is 2.17. The summed E-state index contributed by atoms with van der Waals surface area (Å²) in [6.07, 6.45) is 7.60. The number of imide groups is 1. The third-order valence-electron chi connectivity index (χ3n) is 4.27. The van der Waals surface area contributed by atoms with Gasteiger partial charge in [-0.25, -0.2) is 14.5 Å². The Labute approximate surface area is 153 Å². The van der Waals surface area contributed by atoms with Crippen molar-refractivity contribution in [1.82, 2.24) is 4.90 Å². The summed E-state index contributed by atoms with van der Waals surface area (Å²) in [6, 6.07) is 0. The lowest BCUT2D eigenvalue weighted by Gasteiger charge is -2.27. The molecule has 146 valence electrons. The second-order valence-corrected chi connectivity index (χ2v) is 7.01. The van der Waals surface area contributed by atoms with Crippen LogP contribution in [0, 0.1) is 0 Å². The summed E-state index contributed by atoms with van der Waals surface area (Å²) in [7, 11) is 0. The maximum absolute atomic E-state index is 12.4. The topological polar surface area (TPSA) is 55.8 Å². The van der Waals surface area contributed by atoms with E-state index in [-0.39, 0.29) is 0 Å². The Morgan fingerprint density at radius 2 is 1.48 bits per heavy atom. The molecule has 0 aliphatic heterocycles. The minimum atomic E-state index is -0.699. The average molecular weight is 356 g/mol. The summed E-state index contributed by atoms with van der Waals surface area (Å²) in [5.41, 5.74) is -0.614. The van der Waals surface area contributed by atoms with Crippen molar-refractivity contribution >= 4 is 12.2 Å². The Bertz CT molecular complexity index is 418. The van der Waals surface area contributed by atoms with Crippen molar-refractivity contribution in [2.24, 2.45) is 0 Å². The summed E-state index contributed by atoms with van der Waals surface area (Å²) in [6.45, 7) is 13.6. The average Bonchev–Trinajstić information content (AvgIpc) is 2.56. The van der Waals surface area contributed by atoms with Gasteiger partial charge in [0.25, 0.3) is 0 Å². The second kappa shape index (κ2) is 12.8. The number of rotatable bonds is 12. The molecular weight excluding hydrogens is 318 g/mol. The summed E-state index contributed by atoms with van der Waals surface area (Å²) in [5, 5.41) is 0. The van der Waals surface area contributed by atoms with Crippen molar-refractivity contribution in [2.75, 3.05) is 6.54 Å². The summed E-state index contributed by atoms with van der Waals surface area (Å²) < 4.78 is 10.6. The van der Waals surface area contributed by atoms with E-state index >= 15 is 0 Å². The predicted molar refractivity (Wildman–Crippen MR) is 101 cm³/mol. The van der Waals surface area contributed by atoms with E-state index in [0.29, 0.717) is 25.1 Å². The van der Waals surface area contributed by atoms with Crippen LogP contribution < -0.4 is 0 Å². The SMILES string of the molecule is C=C(CC)OC(=O)N(CCCCCCCCC)C(=O)OC(C)(C)CC. The number of carbonyl (C=O) groups excluding carboxylic acids is 2. The van der Waals surface area contributed by atoms with Gasteiger partial charge in [-0.15, -0.1) is 0 Å². The van der Waals surface area contributed by atoms with Crippen molar-refractivity contribution in [3.63, 3.8) is 0 Å². The molecule has 0 unspecified atom stereocenters. The molecule has 2 amide bonds. The summed E-state index contributed by atoms with van der Waals surface area (Å²) in [5.74, 6) is 0.345. The number of ether oxygens (including phenoxy) is 2. The minimum absolute atomic E-state index is 0.308. The molecule has 25 heavy (non-hydrogen) atoms. The van der Waals surface area contributed by atoms with Gasteiger partial charge in [0, 0.05) is 13.0 Å². The second-order valence-electron chi connectivity index (χ2n) is 7.01. The first-order valence-corrected chi connectivity index (χ1v) is 9.67. The van der Waals surface area contributed by atoms with E-state index < -0.39 is 17.8 Å². The molecule has 0 rings (SSSR count). The van der Waals surface area contributed by atoms with Gasteiger partial charge in [0.1, 0.15) is 11.4 Å². The van der Waals surface area contributed by atoms with Crippen LogP contribution in [0.2, 0.25) is 0 Å². The van der Waals surface area contributed by atoms with E-state index in [9.17, 15) is 9.59 Å². The Kier molecular flexibility index (Phi) is 12.0. The maximum Gasteiger partial charge on any atom is 0.424 e. The van der Waals surface area contributed by atoms with Gasteiger partial charge < -0.3 is 9.47 Å². The highest BCUT2D eigenvalue weighted by Gasteiger charge is 2.29. The van der Waals surface area contributed by atoms with E-state index in [4.69, 9.17) is 9.47 Å². The first-order valence-electron chi connectivity index (χ1n) is 9.67. The van der Waals surface area contributed by atoms with Crippen LogP contribution in [0.5, 0.6) is 0 Å². The smallest absolute Gasteiger partial charge is 0.424 e. The van der Waals surface area contributed by atoms with Crippen molar-refractivity contribution in [3.8, 4) is 0 Å². The van der Waals surface area contributed by atoms with Crippen LogP contribution in [0.15, 0.2) is 12.3 Å². The van der Waals surface area contributed by atoms with Gasteiger partial charge in [0.2, 0.25) is 0 Å². The molecule has 0 spiro atoms. The lowest BCUT2D eigenvalue weighted by Crippen LogP contribution is -2.42. The Hall–Kier alpha value is -1.52. The lowest BCUT2D eigenvalue weighted by molar-refractivity contribution is 0.0121. The van der Waals surface area contributed by atoms with Crippen LogP contribution in [-0.4, -0.2) is 29.2 Å². The van der Waals surface area contributed by atoms with Gasteiger partial charge in [-0.3, -0.25) is 0 Å². The van der Waals surface area contributed by atoms with E-state index in [1.165, 1.54) is 25.7 Å². The number of carbonyl (C=O) groups is 2. The number of hydrogen-bond donors (Lipinski definition) is 0. The molecule has 0 atom stereocenters. The number of nitrogens with zero attached hydrogens (tertiary/aromatic N) is 1. The Morgan fingerprint density at radius 1 is 0.920 bits per heavy atom. The van der Waals surface area contributed by atoms with Gasteiger partial charge in [-0.1, -0.05) is 65.9 Å². The Balaban J connectivity index is 4.60. The molecule has 0 heterocycles. The highest BCUT2D eigenvalue weighted by molar-refractivity contribution is 5.88. The van der Waals surface area contributed by atoms with Crippen LogP contribution >= 0.6 is 0 Å². The minimum Gasteiger partial charge on any atom is -0.443 e. The van der Waals surface area contributed by atoms with Crippen LogP contribution in [0.4, 0.5) is 9.59 Å². The molecule has 0 aliphatic carbocycles. The molecule has 0 aromatic carbocycles. The monoisotopic (exact) mass is 355 g/mol. The summed E-state index contributed by atoms with van der Waals surface area (Å²) in [4.78, 5) is 25.7. The third-order valence-corrected chi connectivity index (χ3v) is 4.27. The number of hydrogen-bond acceptors (Lipinski definition) is 4. The molecule has 0 aliphatic rings. The van der Waals surface area contributed by atoms with Crippen LogP contribution in [0.25, 0.3) is 0 Å². The lowest BCUT2D eigenvalue weighted by atomic mass is 10.1. The number of unbranched alkanes of at least 4 members (excludes halogenated alkanes) is 6. The van der Waals surface area contributed by atoms with E-state index in [1.54, 1.807) is 0 Å². The van der Waals surface area contributed by atoms with Crippen molar-refractivity contribution in [3.05, 3.63) is 12.3 Å². The first-order chi connectivity index (χ1) is 11.8. The first kappa shape index (κ1) is 23.5. The van der Waals surface area contributed by atoms with E-state index in [1.807, 2.05) is 27.7 Å². The molecule has 5 nitrogen and oxygen atoms in total. The zero-order valence-electron chi connectivity index (χ0n) is 16.9. The largest absolute Gasteiger partial charge is 0.443 e. The van der Waals surface area contributed by atoms with Gasteiger partial charge in [0.15, 0.2) is 0 Å². The number of amides is 2. The Morgan fingerprint density at radius 3 is 2.00 bits per heavy atom. The fourth-order valence-electron chi connectivity index (χ4n) is 2.10. The van der Waals surface area contributed by atoms with Gasteiger partial charge in [0.05, 0.1) is 0 Å². The normalized spacial score (nSPS) is 11.1. The van der Waals surface area contributed by atoms with Crippen molar-refractivity contribution in [2.45, 2.75) is 98.0 Å². The fourth-order valence-corrected chi connectivity index (χ4v) is 2.10.